The molecule has 0 aromatic heterocycles. The van der Waals surface area contributed by atoms with Crippen molar-refractivity contribution in [1.82, 2.24) is 4.90 Å². The Labute approximate surface area is 79.6 Å². The second kappa shape index (κ2) is 4.42. The molecule has 1 heterocycles. The van der Waals surface area contributed by atoms with Crippen LogP contribution in [-0.4, -0.2) is 29.9 Å². The van der Waals surface area contributed by atoms with Crippen LogP contribution in [0, 0.1) is 5.92 Å². The van der Waals surface area contributed by atoms with Crippen molar-refractivity contribution in [2.75, 3.05) is 13.1 Å². The third-order valence-electron chi connectivity index (χ3n) is 2.36. The quantitative estimate of drug-likeness (QED) is 0.641. The van der Waals surface area contributed by atoms with Crippen molar-refractivity contribution in [2.24, 2.45) is 11.7 Å². The van der Waals surface area contributed by atoms with Gasteiger partial charge in [-0.25, -0.2) is 0 Å². The van der Waals surface area contributed by atoms with Crippen molar-refractivity contribution in [3.05, 3.63) is 12.7 Å². The number of nitrogens with zero attached hydrogens (tertiary/aromatic N) is 1. The molecule has 2 N–H and O–H groups in total. The number of hydrogen-bond acceptors (Lipinski definition) is 2. The van der Waals surface area contributed by atoms with E-state index in [0.717, 1.165) is 13.0 Å². The first kappa shape index (κ1) is 10.3. The minimum Gasteiger partial charge on any atom is -0.341 e. The monoisotopic (exact) mass is 182 g/mol. The van der Waals surface area contributed by atoms with E-state index in [2.05, 4.69) is 13.5 Å². The Balaban J connectivity index is 2.49. The molecule has 1 rings (SSSR count). The van der Waals surface area contributed by atoms with Gasteiger partial charge in [0.25, 0.3) is 0 Å². The van der Waals surface area contributed by atoms with Gasteiger partial charge < -0.3 is 10.6 Å². The number of carbonyl (C=O) groups excluding carboxylic acids is 1. The Morgan fingerprint density at radius 1 is 1.69 bits per heavy atom. The molecule has 1 fully saturated rings. The molecule has 0 saturated carbocycles. The van der Waals surface area contributed by atoms with Crippen LogP contribution in [0.25, 0.3) is 0 Å². The summed E-state index contributed by atoms with van der Waals surface area (Å²) in [6.45, 7) is 7.24. The van der Waals surface area contributed by atoms with Crippen molar-refractivity contribution in [3.8, 4) is 0 Å². The topological polar surface area (TPSA) is 46.3 Å². The van der Waals surface area contributed by atoms with Gasteiger partial charge >= 0.3 is 0 Å². The fourth-order valence-corrected chi connectivity index (χ4v) is 1.86. The van der Waals surface area contributed by atoms with Gasteiger partial charge in [0.05, 0.1) is 0 Å². The first-order valence-electron chi connectivity index (χ1n) is 4.77. The van der Waals surface area contributed by atoms with Crippen LogP contribution in [0.2, 0.25) is 0 Å². The van der Waals surface area contributed by atoms with Gasteiger partial charge in [-0.05, 0) is 12.3 Å². The standard InChI is InChI=1S/C10H18N2O/c1-3-4-10(13)12-6-8(2)5-9(11)7-12/h3,8-9H,1,4-7,11H2,2H3. The third kappa shape index (κ3) is 2.84. The molecule has 3 heteroatoms. The predicted molar refractivity (Wildman–Crippen MR) is 53.2 cm³/mol. The lowest BCUT2D eigenvalue weighted by atomic mass is 9.96. The molecule has 2 atom stereocenters. The average molecular weight is 182 g/mol. The highest BCUT2D eigenvalue weighted by molar-refractivity contribution is 5.77. The lowest BCUT2D eigenvalue weighted by Crippen LogP contribution is -2.48. The van der Waals surface area contributed by atoms with Crippen LogP contribution in [0.4, 0.5) is 0 Å². The Bertz CT molecular complexity index is 193. The van der Waals surface area contributed by atoms with Crippen LogP contribution in [0.1, 0.15) is 19.8 Å². The lowest BCUT2D eigenvalue weighted by molar-refractivity contribution is -0.132. The molecule has 0 aliphatic carbocycles. The summed E-state index contributed by atoms with van der Waals surface area (Å²) in [6, 6.07) is 0.150. The van der Waals surface area contributed by atoms with Gasteiger partial charge in [0.2, 0.25) is 5.91 Å². The largest absolute Gasteiger partial charge is 0.341 e. The Hall–Kier alpha value is -0.830. The molecule has 0 radical (unpaired) electrons. The molecule has 2 unspecified atom stereocenters. The van der Waals surface area contributed by atoms with E-state index >= 15 is 0 Å². The van der Waals surface area contributed by atoms with E-state index in [4.69, 9.17) is 5.73 Å². The van der Waals surface area contributed by atoms with E-state index in [0.29, 0.717) is 18.9 Å². The maximum Gasteiger partial charge on any atom is 0.226 e. The summed E-state index contributed by atoms with van der Waals surface area (Å²) in [6.07, 6.45) is 3.10. The zero-order chi connectivity index (χ0) is 9.84. The molecule has 1 amide bonds. The Kier molecular flexibility index (Phi) is 3.48. The number of rotatable bonds is 2. The van der Waals surface area contributed by atoms with Crippen molar-refractivity contribution in [2.45, 2.75) is 25.8 Å². The van der Waals surface area contributed by atoms with Gasteiger partial charge in [0, 0.05) is 25.6 Å². The van der Waals surface area contributed by atoms with E-state index in [-0.39, 0.29) is 11.9 Å². The molecule has 1 aliphatic heterocycles. The summed E-state index contributed by atoms with van der Waals surface area (Å²) in [5, 5.41) is 0. The highest BCUT2D eigenvalue weighted by Crippen LogP contribution is 2.15. The molecule has 0 spiro atoms. The summed E-state index contributed by atoms with van der Waals surface area (Å²) >= 11 is 0. The van der Waals surface area contributed by atoms with Crippen LogP contribution in [0.3, 0.4) is 0 Å². The summed E-state index contributed by atoms with van der Waals surface area (Å²) in [5.74, 6) is 0.675. The van der Waals surface area contributed by atoms with Crippen molar-refractivity contribution >= 4 is 5.91 Å². The maximum absolute atomic E-state index is 11.5. The van der Waals surface area contributed by atoms with Gasteiger partial charge in [-0.1, -0.05) is 13.0 Å². The number of nitrogens with two attached hydrogens (primary N) is 1. The molecule has 13 heavy (non-hydrogen) atoms. The zero-order valence-corrected chi connectivity index (χ0v) is 8.20. The van der Waals surface area contributed by atoms with Crippen LogP contribution in [0.15, 0.2) is 12.7 Å². The average Bonchev–Trinajstić information content (AvgIpc) is 2.03. The van der Waals surface area contributed by atoms with Crippen LogP contribution < -0.4 is 5.73 Å². The van der Waals surface area contributed by atoms with Gasteiger partial charge in [-0.2, -0.15) is 0 Å². The maximum atomic E-state index is 11.5. The molecule has 1 saturated heterocycles. The van der Waals surface area contributed by atoms with Crippen LogP contribution in [-0.2, 0) is 4.79 Å². The summed E-state index contributed by atoms with van der Waals surface area (Å²) in [4.78, 5) is 13.3. The fourth-order valence-electron chi connectivity index (χ4n) is 1.86. The Morgan fingerprint density at radius 2 is 2.38 bits per heavy atom. The van der Waals surface area contributed by atoms with Crippen molar-refractivity contribution < 1.29 is 4.79 Å². The predicted octanol–water partition coefficient (Wildman–Crippen LogP) is 0.758. The van der Waals surface area contributed by atoms with Gasteiger partial charge in [-0.3, -0.25) is 4.79 Å². The molecular formula is C10H18N2O. The number of carbonyl (C=O) groups is 1. The summed E-state index contributed by atoms with van der Waals surface area (Å²) in [5.41, 5.74) is 5.83. The molecule has 0 aromatic carbocycles. The molecule has 1 aliphatic rings. The van der Waals surface area contributed by atoms with E-state index in [1.54, 1.807) is 6.08 Å². The van der Waals surface area contributed by atoms with Gasteiger partial charge in [-0.15, -0.1) is 6.58 Å². The molecule has 0 bridgehead atoms. The van der Waals surface area contributed by atoms with Crippen LogP contribution >= 0.6 is 0 Å². The Morgan fingerprint density at radius 3 is 2.92 bits per heavy atom. The van der Waals surface area contributed by atoms with Gasteiger partial charge in [0.1, 0.15) is 0 Å². The highest BCUT2D eigenvalue weighted by Gasteiger charge is 2.24. The van der Waals surface area contributed by atoms with Crippen molar-refractivity contribution in [1.29, 1.82) is 0 Å². The molecule has 0 aromatic rings. The van der Waals surface area contributed by atoms with E-state index < -0.39 is 0 Å². The zero-order valence-electron chi connectivity index (χ0n) is 8.20. The summed E-state index contributed by atoms with van der Waals surface area (Å²) < 4.78 is 0. The highest BCUT2D eigenvalue weighted by atomic mass is 16.2. The minimum absolute atomic E-state index is 0.150. The van der Waals surface area contributed by atoms with E-state index in [1.807, 2.05) is 4.90 Å². The molecular weight excluding hydrogens is 164 g/mol. The second-order valence-corrected chi connectivity index (χ2v) is 3.89. The summed E-state index contributed by atoms with van der Waals surface area (Å²) in [7, 11) is 0. The SMILES string of the molecule is C=CCC(=O)N1CC(C)CC(N)C1. The second-order valence-electron chi connectivity index (χ2n) is 3.89. The van der Waals surface area contributed by atoms with E-state index in [1.165, 1.54) is 0 Å². The van der Waals surface area contributed by atoms with Crippen LogP contribution in [0.5, 0.6) is 0 Å². The van der Waals surface area contributed by atoms with Gasteiger partial charge in [0.15, 0.2) is 0 Å². The normalized spacial score (nSPS) is 28.6. The first-order chi connectivity index (χ1) is 6.13. The molecule has 3 nitrogen and oxygen atoms in total. The smallest absolute Gasteiger partial charge is 0.226 e. The number of amides is 1. The number of likely N-dealkylation sites (tertiary alicyclic amines) is 1. The number of hydrogen-bond donors (Lipinski definition) is 1. The molecule has 74 valence electrons. The lowest BCUT2D eigenvalue weighted by Gasteiger charge is -2.34. The fraction of sp³-hybridized carbons (Fsp3) is 0.700. The van der Waals surface area contributed by atoms with Crippen molar-refractivity contribution in [3.63, 3.8) is 0 Å². The first-order valence-corrected chi connectivity index (χ1v) is 4.77. The third-order valence-corrected chi connectivity index (χ3v) is 2.36. The number of piperidine rings is 1. The minimum atomic E-state index is 0.150. The van der Waals surface area contributed by atoms with E-state index in [9.17, 15) is 4.79 Å².